The molecule has 0 saturated carbocycles. The molecule has 0 spiro atoms. The fourth-order valence-electron chi connectivity index (χ4n) is 2.00. The van der Waals surface area contributed by atoms with Crippen molar-refractivity contribution in [1.29, 1.82) is 0 Å². The van der Waals surface area contributed by atoms with E-state index >= 15 is 0 Å². The summed E-state index contributed by atoms with van der Waals surface area (Å²) in [5.41, 5.74) is 0.903. The zero-order valence-corrected chi connectivity index (χ0v) is 12.5. The van der Waals surface area contributed by atoms with E-state index in [0.29, 0.717) is 31.7 Å². The lowest BCUT2D eigenvalue weighted by Crippen LogP contribution is -2.19. The van der Waals surface area contributed by atoms with E-state index in [1.54, 1.807) is 16.8 Å². The molecule has 1 aromatic carbocycles. The summed E-state index contributed by atoms with van der Waals surface area (Å²) in [4.78, 5) is 23.0. The first kappa shape index (κ1) is 15.8. The zero-order valence-electron chi connectivity index (χ0n) is 12.5. The molecule has 0 radical (unpaired) electrons. The maximum Gasteiger partial charge on any atom is 0.305 e. The number of aromatic nitrogens is 1. The van der Waals surface area contributed by atoms with Gasteiger partial charge in [-0.1, -0.05) is 30.3 Å². The Morgan fingerprint density at radius 1 is 1.18 bits per heavy atom. The molecule has 22 heavy (non-hydrogen) atoms. The van der Waals surface area contributed by atoms with Gasteiger partial charge < -0.3 is 14.0 Å². The molecular weight excluding hydrogens is 282 g/mol. The number of aryl methyl sites for hydroxylation is 1. The lowest BCUT2D eigenvalue weighted by atomic mass is 10.2. The molecule has 0 unspecified atom stereocenters. The summed E-state index contributed by atoms with van der Waals surface area (Å²) in [6, 6.07) is 13.0. The van der Waals surface area contributed by atoms with Crippen LogP contribution in [0.25, 0.3) is 0 Å². The molecule has 0 aliphatic carbocycles. The van der Waals surface area contributed by atoms with Gasteiger partial charge >= 0.3 is 5.97 Å². The Morgan fingerprint density at radius 3 is 2.64 bits per heavy atom. The van der Waals surface area contributed by atoms with E-state index in [0.717, 1.165) is 5.56 Å². The molecule has 2 rings (SSSR count). The minimum Gasteiger partial charge on any atom is -0.489 e. The van der Waals surface area contributed by atoms with E-state index in [9.17, 15) is 9.59 Å². The van der Waals surface area contributed by atoms with Crippen LogP contribution in [-0.2, 0) is 22.7 Å². The third-order valence-corrected chi connectivity index (χ3v) is 3.22. The van der Waals surface area contributed by atoms with Gasteiger partial charge in [0.25, 0.3) is 5.56 Å². The molecule has 0 saturated heterocycles. The van der Waals surface area contributed by atoms with Gasteiger partial charge in [-0.05, 0) is 18.1 Å². The number of carbonyl (C=O) groups is 1. The minimum absolute atomic E-state index is 0.143. The monoisotopic (exact) mass is 301 g/mol. The van der Waals surface area contributed by atoms with Crippen LogP contribution >= 0.6 is 0 Å². The average Bonchev–Trinajstić information content (AvgIpc) is 2.55. The van der Waals surface area contributed by atoms with Crippen LogP contribution in [0, 0.1) is 0 Å². The average molecular weight is 301 g/mol. The summed E-state index contributed by atoms with van der Waals surface area (Å²) >= 11 is 0. The summed E-state index contributed by atoms with van der Waals surface area (Å²) in [5.74, 6) is 0.272. The quantitative estimate of drug-likeness (QED) is 0.737. The highest BCUT2D eigenvalue weighted by Gasteiger charge is 2.03. The Hall–Kier alpha value is -2.56. The van der Waals surface area contributed by atoms with Gasteiger partial charge in [0.05, 0.1) is 7.11 Å². The Labute approximate surface area is 129 Å². The van der Waals surface area contributed by atoms with Crippen molar-refractivity contribution in [2.75, 3.05) is 7.11 Å². The number of hydrogen-bond donors (Lipinski definition) is 0. The van der Waals surface area contributed by atoms with Crippen molar-refractivity contribution >= 4 is 5.97 Å². The van der Waals surface area contributed by atoms with Gasteiger partial charge in [0.2, 0.25) is 0 Å². The van der Waals surface area contributed by atoms with Crippen molar-refractivity contribution in [1.82, 2.24) is 4.57 Å². The van der Waals surface area contributed by atoms with Crippen molar-refractivity contribution in [3.05, 3.63) is 64.6 Å². The Bertz CT molecular complexity index is 664. The molecule has 5 heteroatoms. The van der Waals surface area contributed by atoms with Crippen LogP contribution in [0.15, 0.2) is 53.5 Å². The number of carbonyl (C=O) groups excluding carboxylic acids is 1. The number of esters is 1. The molecule has 0 atom stereocenters. The second-order valence-corrected chi connectivity index (χ2v) is 4.85. The number of methoxy groups -OCH3 is 1. The highest BCUT2D eigenvalue weighted by atomic mass is 16.5. The molecule has 0 aliphatic heterocycles. The van der Waals surface area contributed by atoms with Crippen LogP contribution in [0.5, 0.6) is 5.75 Å². The van der Waals surface area contributed by atoms with E-state index in [1.807, 2.05) is 30.3 Å². The largest absolute Gasteiger partial charge is 0.489 e. The predicted octanol–water partition coefficient (Wildman–Crippen LogP) is 2.38. The third kappa shape index (κ3) is 4.77. The normalized spacial score (nSPS) is 10.2. The van der Waals surface area contributed by atoms with Crippen LogP contribution in [0.1, 0.15) is 18.4 Å². The Morgan fingerprint density at radius 2 is 1.95 bits per heavy atom. The van der Waals surface area contributed by atoms with E-state index in [-0.39, 0.29) is 11.5 Å². The first-order chi connectivity index (χ1) is 10.7. The SMILES string of the molecule is COC(=O)CCCn1ccc(OCc2ccccc2)cc1=O. The molecule has 116 valence electrons. The lowest BCUT2D eigenvalue weighted by molar-refractivity contribution is -0.140. The van der Waals surface area contributed by atoms with Gasteiger partial charge in [0.15, 0.2) is 0 Å². The number of nitrogens with zero attached hydrogens (tertiary/aromatic N) is 1. The number of benzene rings is 1. The number of rotatable bonds is 7. The van der Waals surface area contributed by atoms with Crippen LogP contribution in [0.2, 0.25) is 0 Å². The fourth-order valence-corrected chi connectivity index (χ4v) is 2.00. The molecule has 0 fully saturated rings. The van der Waals surface area contributed by atoms with E-state index in [2.05, 4.69) is 4.74 Å². The Balaban J connectivity index is 1.89. The predicted molar refractivity (Wildman–Crippen MR) is 82.7 cm³/mol. The van der Waals surface area contributed by atoms with Crippen LogP contribution in [0.3, 0.4) is 0 Å². The molecular formula is C17H19NO4. The molecule has 0 aliphatic rings. The minimum atomic E-state index is -0.268. The molecule has 0 amide bonds. The maximum absolute atomic E-state index is 12.0. The molecule has 0 N–H and O–H groups in total. The van der Waals surface area contributed by atoms with Gasteiger partial charge in [-0.25, -0.2) is 0 Å². The van der Waals surface area contributed by atoms with Crippen LogP contribution < -0.4 is 10.3 Å². The molecule has 0 bridgehead atoms. The first-order valence-electron chi connectivity index (χ1n) is 7.13. The topological polar surface area (TPSA) is 57.5 Å². The second-order valence-electron chi connectivity index (χ2n) is 4.85. The van der Waals surface area contributed by atoms with Crippen molar-refractivity contribution in [3.8, 4) is 5.75 Å². The first-order valence-corrected chi connectivity index (χ1v) is 7.13. The highest BCUT2D eigenvalue weighted by Crippen LogP contribution is 2.10. The number of hydrogen-bond acceptors (Lipinski definition) is 4. The van der Waals surface area contributed by atoms with E-state index in [4.69, 9.17) is 4.74 Å². The van der Waals surface area contributed by atoms with Crippen molar-refractivity contribution < 1.29 is 14.3 Å². The summed E-state index contributed by atoms with van der Waals surface area (Å²) in [7, 11) is 1.35. The smallest absolute Gasteiger partial charge is 0.305 e. The highest BCUT2D eigenvalue weighted by molar-refractivity contribution is 5.68. The van der Waals surface area contributed by atoms with Crippen LogP contribution in [0.4, 0.5) is 0 Å². The van der Waals surface area contributed by atoms with Gasteiger partial charge in [0.1, 0.15) is 12.4 Å². The van der Waals surface area contributed by atoms with Crippen molar-refractivity contribution in [3.63, 3.8) is 0 Å². The van der Waals surface area contributed by atoms with Gasteiger partial charge in [-0.15, -0.1) is 0 Å². The third-order valence-electron chi connectivity index (χ3n) is 3.22. The summed E-state index contributed by atoms with van der Waals surface area (Å²) in [6.45, 7) is 0.902. The zero-order chi connectivity index (χ0) is 15.8. The summed E-state index contributed by atoms with van der Waals surface area (Å²) < 4.78 is 11.7. The maximum atomic E-state index is 12.0. The standard InChI is InChI=1S/C17H19NO4/c1-21-17(20)8-5-10-18-11-9-15(12-16(18)19)22-13-14-6-3-2-4-7-14/h2-4,6-7,9,11-12H,5,8,10,13H2,1H3. The number of ether oxygens (including phenoxy) is 2. The molecule has 1 aromatic heterocycles. The van der Waals surface area contributed by atoms with E-state index < -0.39 is 0 Å². The summed E-state index contributed by atoms with van der Waals surface area (Å²) in [5, 5.41) is 0. The second kappa shape index (κ2) is 8.02. The Kier molecular flexibility index (Phi) is 5.77. The summed E-state index contributed by atoms with van der Waals surface area (Å²) in [6.07, 6.45) is 2.55. The lowest BCUT2D eigenvalue weighted by Gasteiger charge is -2.08. The van der Waals surface area contributed by atoms with Gasteiger partial charge in [-0.2, -0.15) is 0 Å². The number of pyridine rings is 1. The molecule has 2 aromatic rings. The van der Waals surface area contributed by atoms with Crippen molar-refractivity contribution in [2.24, 2.45) is 0 Å². The van der Waals surface area contributed by atoms with Gasteiger partial charge in [0, 0.05) is 25.2 Å². The van der Waals surface area contributed by atoms with Gasteiger partial charge in [-0.3, -0.25) is 9.59 Å². The van der Waals surface area contributed by atoms with E-state index in [1.165, 1.54) is 13.2 Å². The van der Waals surface area contributed by atoms with Crippen molar-refractivity contribution in [2.45, 2.75) is 26.0 Å². The molecule has 5 nitrogen and oxygen atoms in total. The van der Waals surface area contributed by atoms with Crippen LogP contribution in [-0.4, -0.2) is 17.6 Å². The fraction of sp³-hybridized carbons (Fsp3) is 0.294. The molecule has 1 heterocycles.